The van der Waals surface area contributed by atoms with Crippen LogP contribution in [-0.2, 0) is 27.2 Å². The Morgan fingerprint density at radius 1 is 1.35 bits per heavy atom. The topological polar surface area (TPSA) is 79.2 Å². The van der Waals surface area contributed by atoms with Gasteiger partial charge < -0.3 is 10.1 Å². The molecule has 1 aromatic heterocycles. The molecule has 0 radical (unpaired) electrons. The van der Waals surface area contributed by atoms with Gasteiger partial charge in [0.05, 0.1) is 11.3 Å². The lowest BCUT2D eigenvalue weighted by atomic mass is 10.1. The van der Waals surface area contributed by atoms with Gasteiger partial charge in [0.2, 0.25) is 0 Å². The van der Waals surface area contributed by atoms with E-state index < -0.39 is 18.0 Å². The predicted octanol–water partition coefficient (Wildman–Crippen LogP) is 3.77. The number of aryl methyl sites for hydroxylation is 2. The number of nitriles is 1. The van der Waals surface area contributed by atoms with Crippen LogP contribution in [0.3, 0.4) is 0 Å². The van der Waals surface area contributed by atoms with Crippen molar-refractivity contribution < 1.29 is 14.3 Å². The molecule has 0 saturated carbocycles. The Kier molecular flexibility index (Phi) is 5.96. The number of nitrogens with zero attached hydrogens (tertiary/aromatic N) is 1. The zero-order valence-electron chi connectivity index (χ0n) is 14.3. The molecule has 134 valence electrons. The fourth-order valence-electron chi connectivity index (χ4n) is 2.77. The summed E-state index contributed by atoms with van der Waals surface area (Å²) in [5.41, 5.74) is 3.15. The Hall–Kier alpha value is -2.30. The lowest BCUT2D eigenvalue weighted by Gasteiger charge is -2.13. The highest BCUT2D eigenvalue weighted by molar-refractivity contribution is 8.00. The molecule has 1 N–H and O–H groups in total. The van der Waals surface area contributed by atoms with Crippen molar-refractivity contribution in [1.82, 2.24) is 0 Å². The van der Waals surface area contributed by atoms with Crippen LogP contribution in [-0.4, -0.2) is 23.7 Å². The number of carbonyl (C=O) groups excluding carboxylic acids is 2. The molecule has 3 rings (SSSR count). The van der Waals surface area contributed by atoms with E-state index in [0.29, 0.717) is 10.6 Å². The van der Waals surface area contributed by atoms with Crippen molar-refractivity contribution >= 4 is 40.0 Å². The van der Waals surface area contributed by atoms with Gasteiger partial charge in [-0.15, -0.1) is 23.1 Å². The highest BCUT2D eigenvalue weighted by Gasteiger charge is 2.20. The summed E-state index contributed by atoms with van der Waals surface area (Å²) >= 11 is 2.67. The van der Waals surface area contributed by atoms with Crippen molar-refractivity contribution in [3.05, 3.63) is 46.3 Å². The van der Waals surface area contributed by atoms with Gasteiger partial charge in [0.1, 0.15) is 11.1 Å². The summed E-state index contributed by atoms with van der Waals surface area (Å²) in [5, 5.41) is 13.8. The van der Waals surface area contributed by atoms with Crippen molar-refractivity contribution in [2.24, 2.45) is 0 Å². The number of benzene rings is 1. The molecule has 0 spiro atoms. The zero-order chi connectivity index (χ0) is 18.5. The molecule has 1 aromatic carbocycles. The Morgan fingerprint density at radius 2 is 2.15 bits per heavy atom. The number of esters is 1. The first-order valence-corrected chi connectivity index (χ1v) is 10.2. The maximum atomic E-state index is 12.1. The lowest BCUT2D eigenvalue weighted by molar-refractivity contribution is -0.150. The van der Waals surface area contributed by atoms with E-state index in [2.05, 4.69) is 17.4 Å². The van der Waals surface area contributed by atoms with Gasteiger partial charge in [0.15, 0.2) is 6.10 Å². The van der Waals surface area contributed by atoms with Crippen LogP contribution in [0.5, 0.6) is 0 Å². The van der Waals surface area contributed by atoms with Crippen LogP contribution in [0.1, 0.15) is 30.0 Å². The van der Waals surface area contributed by atoms with Gasteiger partial charge in [-0.1, -0.05) is 6.07 Å². The molecule has 0 aliphatic heterocycles. The molecule has 26 heavy (non-hydrogen) atoms. The summed E-state index contributed by atoms with van der Waals surface area (Å²) < 4.78 is 5.20. The number of hydrogen-bond donors (Lipinski definition) is 1. The van der Waals surface area contributed by atoms with Gasteiger partial charge >= 0.3 is 5.97 Å². The summed E-state index contributed by atoms with van der Waals surface area (Å²) in [6, 6.07) is 9.92. The predicted molar refractivity (Wildman–Crippen MR) is 102 cm³/mol. The van der Waals surface area contributed by atoms with E-state index in [4.69, 9.17) is 10.00 Å². The summed E-state index contributed by atoms with van der Waals surface area (Å²) in [5.74, 6) is -0.733. The quantitative estimate of drug-likeness (QED) is 0.604. The number of nitrogens with one attached hydrogen (secondary N) is 1. The van der Waals surface area contributed by atoms with E-state index in [1.165, 1.54) is 47.6 Å². The first kappa shape index (κ1) is 18.5. The van der Waals surface area contributed by atoms with Crippen LogP contribution in [0.2, 0.25) is 0 Å². The highest BCUT2D eigenvalue weighted by Crippen LogP contribution is 2.27. The third kappa shape index (κ3) is 4.45. The van der Waals surface area contributed by atoms with E-state index >= 15 is 0 Å². The summed E-state index contributed by atoms with van der Waals surface area (Å²) in [7, 11) is 0. The molecule has 1 atom stereocenters. The minimum Gasteiger partial charge on any atom is -0.452 e. The Bertz CT molecular complexity index is 870. The smallest absolute Gasteiger partial charge is 0.317 e. The molecule has 0 fully saturated rings. The molecule has 5 nitrogen and oxygen atoms in total. The molecular weight excluding hydrogens is 368 g/mol. The van der Waals surface area contributed by atoms with Crippen LogP contribution < -0.4 is 5.32 Å². The molecular formula is C19H18N2O3S2. The number of anilines is 1. The standard InChI is InChI=1S/C19H18N2O3S2/c1-12(18(23)21-19-15(10-20)7-8-25-19)24-17(22)11-26-16-6-5-13-3-2-4-14(13)9-16/h5-9,12H,2-4,11H2,1H3,(H,21,23)/t12-/m1/s1. The second kappa shape index (κ2) is 8.39. The Balaban J connectivity index is 1.48. The minimum atomic E-state index is -0.920. The average Bonchev–Trinajstić information content (AvgIpc) is 3.27. The number of thiophene rings is 1. The molecule has 1 aliphatic carbocycles. The van der Waals surface area contributed by atoms with Crippen LogP contribution in [0.4, 0.5) is 5.00 Å². The minimum absolute atomic E-state index is 0.152. The van der Waals surface area contributed by atoms with Gasteiger partial charge in [-0.05, 0) is 60.9 Å². The van der Waals surface area contributed by atoms with E-state index in [1.807, 2.05) is 12.1 Å². The number of thioether (sulfide) groups is 1. The third-order valence-electron chi connectivity index (χ3n) is 4.13. The van der Waals surface area contributed by atoms with Gasteiger partial charge in [-0.2, -0.15) is 5.26 Å². The number of carbonyl (C=O) groups is 2. The van der Waals surface area contributed by atoms with Crippen LogP contribution in [0.25, 0.3) is 0 Å². The second-order valence-electron chi connectivity index (χ2n) is 5.97. The maximum absolute atomic E-state index is 12.1. The first-order chi connectivity index (χ1) is 12.6. The van der Waals surface area contributed by atoms with E-state index in [-0.39, 0.29) is 5.75 Å². The normalized spacial score (nSPS) is 13.5. The average molecular weight is 386 g/mol. The van der Waals surface area contributed by atoms with Crippen molar-refractivity contribution in [3.63, 3.8) is 0 Å². The number of amides is 1. The van der Waals surface area contributed by atoms with E-state index in [0.717, 1.165) is 17.7 Å². The monoisotopic (exact) mass is 386 g/mol. The molecule has 2 aromatic rings. The molecule has 1 heterocycles. The first-order valence-electron chi connectivity index (χ1n) is 8.29. The fourth-order valence-corrected chi connectivity index (χ4v) is 4.26. The fraction of sp³-hybridized carbons (Fsp3) is 0.316. The maximum Gasteiger partial charge on any atom is 0.317 e. The molecule has 1 aliphatic rings. The Morgan fingerprint density at radius 3 is 2.96 bits per heavy atom. The Labute approximate surface area is 160 Å². The molecule has 0 unspecified atom stereocenters. The van der Waals surface area contributed by atoms with Gasteiger partial charge in [0.25, 0.3) is 5.91 Å². The summed E-state index contributed by atoms with van der Waals surface area (Å²) in [6.07, 6.45) is 2.50. The third-order valence-corrected chi connectivity index (χ3v) is 5.92. The summed E-state index contributed by atoms with van der Waals surface area (Å²) in [6.45, 7) is 1.52. The number of ether oxygens (including phenoxy) is 1. The second-order valence-corrected chi connectivity index (χ2v) is 7.93. The van der Waals surface area contributed by atoms with E-state index in [1.54, 1.807) is 11.4 Å². The van der Waals surface area contributed by atoms with Crippen LogP contribution in [0.15, 0.2) is 34.5 Å². The van der Waals surface area contributed by atoms with Gasteiger partial charge in [-0.25, -0.2) is 0 Å². The molecule has 0 saturated heterocycles. The molecule has 7 heteroatoms. The van der Waals surface area contributed by atoms with Crippen molar-refractivity contribution in [1.29, 1.82) is 5.26 Å². The summed E-state index contributed by atoms with van der Waals surface area (Å²) in [4.78, 5) is 25.2. The van der Waals surface area contributed by atoms with Crippen molar-refractivity contribution in [3.8, 4) is 6.07 Å². The highest BCUT2D eigenvalue weighted by atomic mass is 32.2. The van der Waals surface area contributed by atoms with Crippen molar-refractivity contribution in [2.75, 3.05) is 11.1 Å². The lowest BCUT2D eigenvalue weighted by Crippen LogP contribution is -2.30. The SMILES string of the molecule is C[C@@H](OC(=O)CSc1ccc2c(c1)CCC2)C(=O)Nc1sccc1C#N. The van der Waals surface area contributed by atoms with Gasteiger partial charge in [0, 0.05) is 4.90 Å². The zero-order valence-corrected chi connectivity index (χ0v) is 15.9. The van der Waals surface area contributed by atoms with Gasteiger partial charge in [-0.3, -0.25) is 9.59 Å². The number of hydrogen-bond acceptors (Lipinski definition) is 6. The van der Waals surface area contributed by atoms with E-state index in [9.17, 15) is 9.59 Å². The van der Waals surface area contributed by atoms with Crippen molar-refractivity contribution in [2.45, 2.75) is 37.2 Å². The molecule has 1 amide bonds. The van der Waals surface area contributed by atoms with Crippen LogP contribution in [0, 0.1) is 11.3 Å². The number of rotatable bonds is 6. The number of fused-ring (bicyclic) bond motifs is 1. The van der Waals surface area contributed by atoms with Crippen LogP contribution >= 0.6 is 23.1 Å². The largest absolute Gasteiger partial charge is 0.452 e. The molecule has 0 bridgehead atoms.